The van der Waals surface area contributed by atoms with Gasteiger partial charge in [-0.1, -0.05) is 23.2 Å². The molecule has 0 aromatic heterocycles. The molecule has 0 bridgehead atoms. The Kier molecular flexibility index (Phi) is 6.48. The van der Waals surface area contributed by atoms with Gasteiger partial charge in [-0.05, 0) is 75.7 Å². The lowest BCUT2D eigenvalue weighted by atomic mass is 9.83. The van der Waals surface area contributed by atoms with Crippen molar-refractivity contribution >= 4 is 34.8 Å². The number of piperidine rings is 2. The van der Waals surface area contributed by atoms with Crippen molar-refractivity contribution in [3.63, 3.8) is 0 Å². The van der Waals surface area contributed by atoms with Gasteiger partial charge in [0.2, 0.25) is 0 Å². The molecule has 1 aromatic rings. The molecule has 0 radical (unpaired) electrons. The summed E-state index contributed by atoms with van der Waals surface area (Å²) in [5.41, 5.74) is 0.812. The van der Waals surface area contributed by atoms with E-state index in [1.807, 2.05) is 6.07 Å². The Morgan fingerprint density at radius 1 is 1.12 bits per heavy atom. The molecule has 2 aliphatic heterocycles. The van der Waals surface area contributed by atoms with E-state index >= 15 is 0 Å². The van der Waals surface area contributed by atoms with Crippen LogP contribution in [0.15, 0.2) is 18.2 Å². The van der Waals surface area contributed by atoms with Gasteiger partial charge in [-0.2, -0.15) is 0 Å². The van der Waals surface area contributed by atoms with E-state index < -0.39 is 0 Å². The lowest BCUT2D eigenvalue weighted by Crippen LogP contribution is -2.42. The average Bonchev–Trinajstić information content (AvgIpc) is 2.59. The van der Waals surface area contributed by atoms with E-state index in [0.717, 1.165) is 30.6 Å². The quantitative estimate of drug-likeness (QED) is 0.583. The van der Waals surface area contributed by atoms with Crippen LogP contribution in [0.4, 0.5) is 5.69 Å². The second-order valence-electron chi connectivity index (χ2n) is 7.54. The molecule has 2 fully saturated rings. The molecule has 2 N–H and O–H groups in total. The Bertz CT molecular complexity index is 599. The Labute approximate surface area is 161 Å². The fourth-order valence-corrected chi connectivity index (χ4v) is 4.42. The highest BCUT2D eigenvalue weighted by molar-refractivity contribution is 6.42. The number of hydrogen-bond donors (Lipinski definition) is 2. The van der Waals surface area contributed by atoms with Crippen molar-refractivity contribution < 1.29 is 0 Å². The molecule has 4 nitrogen and oxygen atoms in total. The average molecular weight is 383 g/mol. The number of anilines is 1. The van der Waals surface area contributed by atoms with Gasteiger partial charge in [-0.3, -0.25) is 5.41 Å². The van der Waals surface area contributed by atoms with Crippen LogP contribution in [0.5, 0.6) is 0 Å². The van der Waals surface area contributed by atoms with E-state index in [2.05, 4.69) is 22.2 Å². The van der Waals surface area contributed by atoms with Crippen LogP contribution in [0.3, 0.4) is 0 Å². The highest BCUT2D eigenvalue weighted by Crippen LogP contribution is 2.29. The summed E-state index contributed by atoms with van der Waals surface area (Å²) in [7, 11) is 2.24. The van der Waals surface area contributed by atoms with Crippen molar-refractivity contribution in [3.05, 3.63) is 28.2 Å². The van der Waals surface area contributed by atoms with E-state index in [1.165, 1.54) is 45.2 Å². The minimum absolute atomic E-state index is 0.453. The Hall–Kier alpha value is -0.970. The second kappa shape index (κ2) is 8.61. The van der Waals surface area contributed by atoms with E-state index in [-0.39, 0.29) is 0 Å². The molecule has 2 heterocycles. The molecule has 0 saturated carbocycles. The molecule has 1 atom stereocenters. The predicted octanol–water partition coefficient (Wildman–Crippen LogP) is 4.78. The summed E-state index contributed by atoms with van der Waals surface area (Å²) >= 11 is 12.0. The van der Waals surface area contributed by atoms with Crippen molar-refractivity contribution in [2.45, 2.75) is 32.1 Å². The highest BCUT2D eigenvalue weighted by Gasteiger charge is 2.25. The molecule has 3 rings (SSSR count). The minimum Gasteiger partial charge on any atom is -0.343 e. The third-order valence-electron chi connectivity index (χ3n) is 5.50. The first-order valence-corrected chi connectivity index (χ1v) is 10.0. The zero-order chi connectivity index (χ0) is 17.8. The van der Waals surface area contributed by atoms with Gasteiger partial charge >= 0.3 is 0 Å². The summed E-state index contributed by atoms with van der Waals surface area (Å²) in [4.78, 5) is 4.60. The number of benzene rings is 1. The summed E-state index contributed by atoms with van der Waals surface area (Å²) in [6.45, 7) is 4.43. The second-order valence-corrected chi connectivity index (χ2v) is 8.35. The first-order chi connectivity index (χ1) is 12.0. The monoisotopic (exact) mass is 382 g/mol. The van der Waals surface area contributed by atoms with Crippen LogP contribution < -0.4 is 5.32 Å². The van der Waals surface area contributed by atoms with E-state index in [4.69, 9.17) is 28.6 Å². The zero-order valence-electron chi connectivity index (χ0n) is 14.9. The van der Waals surface area contributed by atoms with Gasteiger partial charge in [0.05, 0.1) is 10.0 Å². The van der Waals surface area contributed by atoms with Crippen molar-refractivity contribution in [1.29, 1.82) is 5.41 Å². The molecular weight excluding hydrogens is 355 g/mol. The summed E-state index contributed by atoms with van der Waals surface area (Å²) in [5, 5.41) is 12.5. The number of halogens is 2. The number of likely N-dealkylation sites (tertiary alicyclic amines) is 2. The third-order valence-corrected chi connectivity index (χ3v) is 6.24. The normalized spacial score (nSPS) is 22.8. The van der Waals surface area contributed by atoms with Crippen molar-refractivity contribution in [1.82, 2.24) is 9.80 Å². The number of nitrogens with zero attached hydrogens (tertiary/aromatic N) is 2. The fourth-order valence-electron chi connectivity index (χ4n) is 4.12. The molecule has 0 spiro atoms. The zero-order valence-corrected chi connectivity index (χ0v) is 16.4. The number of hydrogen-bond acceptors (Lipinski definition) is 2. The van der Waals surface area contributed by atoms with Gasteiger partial charge in [-0.25, -0.2) is 0 Å². The lowest BCUT2D eigenvalue weighted by molar-refractivity contribution is 0.160. The van der Waals surface area contributed by atoms with Gasteiger partial charge in [0.15, 0.2) is 5.96 Å². The van der Waals surface area contributed by atoms with Crippen LogP contribution in [0.25, 0.3) is 0 Å². The number of guanidine groups is 1. The molecule has 25 heavy (non-hydrogen) atoms. The standard InChI is InChI=1S/C19H28Cl2N4/c1-24-8-2-3-15(13-24)11-14-6-9-25(10-7-14)19(22)23-16-4-5-17(20)18(21)12-16/h4-5,12,14-15H,2-3,6-11,13H2,1H3,(H2,22,23). The Morgan fingerprint density at radius 3 is 2.56 bits per heavy atom. The summed E-state index contributed by atoms with van der Waals surface area (Å²) in [6.07, 6.45) is 6.46. The van der Waals surface area contributed by atoms with Crippen LogP contribution in [0.1, 0.15) is 32.1 Å². The van der Waals surface area contributed by atoms with Gasteiger partial charge in [-0.15, -0.1) is 0 Å². The summed E-state index contributed by atoms with van der Waals surface area (Å²) < 4.78 is 0. The van der Waals surface area contributed by atoms with E-state index in [9.17, 15) is 0 Å². The smallest absolute Gasteiger partial charge is 0.195 e. The van der Waals surface area contributed by atoms with E-state index in [0.29, 0.717) is 16.0 Å². The van der Waals surface area contributed by atoms with Crippen LogP contribution in [0.2, 0.25) is 10.0 Å². The maximum absolute atomic E-state index is 8.32. The third kappa shape index (κ3) is 5.25. The predicted molar refractivity (Wildman–Crippen MR) is 107 cm³/mol. The van der Waals surface area contributed by atoms with Crippen LogP contribution in [-0.4, -0.2) is 49.0 Å². The molecule has 6 heteroatoms. The van der Waals surface area contributed by atoms with E-state index in [1.54, 1.807) is 12.1 Å². The SMILES string of the molecule is CN1CCCC(CC2CCN(C(=N)Nc3ccc(Cl)c(Cl)c3)CC2)C1. The number of rotatable bonds is 3. The van der Waals surface area contributed by atoms with Crippen molar-refractivity contribution in [2.75, 3.05) is 38.5 Å². The first kappa shape index (κ1) is 18.8. The van der Waals surface area contributed by atoms with Gasteiger partial charge in [0, 0.05) is 25.3 Å². The molecule has 138 valence electrons. The fraction of sp³-hybridized carbons (Fsp3) is 0.632. The Balaban J connectivity index is 1.45. The van der Waals surface area contributed by atoms with Gasteiger partial charge in [0.1, 0.15) is 0 Å². The molecule has 1 aromatic carbocycles. The molecule has 1 unspecified atom stereocenters. The molecular formula is C19H28Cl2N4. The topological polar surface area (TPSA) is 42.4 Å². The van der Waals surface area contributed by atoms with Crippen molar-refractivity contribution in [3.8, 4) is 0 Å². The van der Waals surface area contributed by atoms with Crippen molar-refractivity contribution in [2.24, 2.45) is 11.8 Å². The highest BCUT2D eigenvalue weighted by atomic mass is 35.5. The molecule has 2 saturated heterocycles. The maximum atomic E-state index is 8.32. The lowest BCUT2D eigenvalue weighted by Gasteiger charge is -2.37. The van der Waals surface area contributed by atoms with Gasteiger partial charge in [0.25, 0.3) is 0 Å². The molecule has 2 aliphatic rings. The Morgan fingerprint density at radius 2 is 1.88 bits per heavy atom. The number of nitrogens with one attached hydrogen (secondary N) is 2. The summed E-state index contributed by atoms with van der Waals surface area (Å²) in [6, 6.07) is 5.38. The molecule has 0 aliphatic carbocycles. The largest absolute Gasteiger partial charge is 0.343 e. The first-order valence-electron chi connectivity index (χ1n) is 9.25. The van der Waals surface area contributed by atoms with Crippen LogP contribution in [-0.2, 0) is 0 Å². The van der Waals surface area contributed by atoms with Crippen LogP contribution in [0, 0.1) is 17.2 Å². The van der Waals surface area contributed by atoms with Gasteiger partial charge < -0.3 is 15.1 Å². The summed E-state index contributed by atoms with van der Waals surface area (Å²) in [5.74, 6) is 2.13. The molecule has 0 amide bonds. The minimum atomic E-state index is 0.453. The van der Waals surface area contributed by atoms with Crippen LogP contribution >= 0.6 is 23.2 Å². The maximum Gasteiger partial charge on any atom is 0.195 e.